The minimum Gasteiger partial charge on any atom is -0.357 e. The van der Waals surface area contributed by atoms with Crippen molar-refractivity contribution in [2.24, 2.45) is 7.05 Å². The van der Waals surface area contributed by atoms with Crippen molar-refractivity contribution in [1.29, 1.82) is 0 Å². The van der Waals surface area contributed by atoms with Gasteiger partial charge in [-0.25, -0.2) is 9.67 Å². The van der Waals surface area contributed by atoms with Crippen LogP contribution in [-0.4, -0.2) is 88.4 Å². The largest absolute Gasteiger partial charge is 0.357 e. The van der Waals surface area contributed by atoms with Gasteiger partial charge in [-0.1, -0.05) is 12.8 Å². The fourth-order valence-electron chi connectivity index (χ4n) is 5.91. The number of aryl methyl sites for hydroxylation is 1. The van der Waals surface area contributed by atoms with Crippen LogP contribution >= 0.6 is 0 Å². The third kappa shape index (κ3) is 5.23. The number of hydrogen-bond acceptors (Lipinski definition) is 6. The molecular formula is C26H41N7O. The standard InChI is InChI=1S/C26H41N7O/c1-20-8-7-15-32(20)19-18-31-16-11-21(12-17-31)27-26(34)24-22-9-10-23(28-25(22)30(2)29-24)33-13-5-3-4-6-14-33/h9-10,20-21H,3-8,11-19H2,1-2H3,(H,27,34)/t20-/m1/s1. The summed E-state index contributed by atoms with van der Waals surface area (Å²) in [7, 11) is 1.89. The minimum atomic E-state index is -0.0701. The molecule has 1 atom stereocenters. The lowest BCUT2D eigenvalue weighted by atomic mass is 10.0. The Morgan fingerprint density at radius 2 is 1.74 bits per heavy atom. The molecule has 5 heterocycles. The average Bonchev–Trinajstić information content (AvgIpc) is 3.28. The number of aromatic nitrogens is 3. The minimum absolute atomic E-state index is 0.0701. The van der Waals surface area contributed by atoms with E-state index in [-0.39, 0.29) is 11.9 Å². The van der Waals surface area contributed by atoms with Gasteiger partial charge in [0, 0.05) is 58.4 Å². The molecule has 3 fully saturated rings. The molecule has 2 aromatic rings. The maximum atomic E-state index is 13.1. The van der Waals surface area contributed by atoms with E-state index in [2.05, 4.69) is 38.1 Å². The molecule has 0 unspecified atom stereocenters. The Kier molecular flexibility index (Phi) is 7.34. The van der Waals surface area contributed by atoms with E-state index < -0.39 is 0 Å². The number of nitrogens with one attached hydrogen (secondary N) is 1. The van der Waals surface area contributed by atoms with Gasteiger partial charge in [0.2, 0.25) is 0 Å². The van der Waals surface area contributed by atoms with Crippen LogP contribution in [0.2, 0.25) is 0 Å². The van der Waals surface area contributed by atoms with Gasteiger partial charge < -0.3 is 15.1 Å². The van der Waals surface area contributed by atoms with Gasteiger partial charge in [-0.05, 0) is 64.1 Å². The molecule has 0 aromatic carbocycles. The van der Waals surface area contributed by atoms with Crippen molar-refractivity contribution in [1.82, 2.24) is 29.9 Å². The zero-order valence-electron chi connectivity index (χ0n) is 21.0. The highest BCUT2D eigenvalue weighted by Crippen LogP contribution is 2.24. The molecule has 2 aromatic heterocycles. The maximum Gasteiger partial charge on any atom is 0.272 e. The monoisotopic (exact) mass is 467 g/mol. The van der Waals surface area contributed by atoms with Crippen molar-refractivity contribution in [3.05, 3.63) is 17.8 Å². The molecule has 5 rings (SSSR count). The van der Waals surface area contributed by atoms with Crippen LogP contribution in [0.3, 0.4) is 0 Å². The first-order valence-electron chi connectivity index (χ1n) is 13.4. The summed E-state index contributed by atoms with van der Waals surface area (Å²) in [6.07, 6.45) is 9.71. The average molecular weight is 468 g/mol. The lowest BCUT2D eigenvalue weighted by Crippen LogP contribution is -2.46. The Morgan fingerprint density at radius 1 is 0.971 bits per heavy atom. The van der Waals surface area contributed by atoms with Crippen molar-refractivity contribution in [3.8, 4) is 0 Å². The summed E-state index contributed by atoms with van der Waals surface area (Å²) in [5.74, 6) is 0.930. The lowest BCUT2D eigenvalue weighted by molar-refractivity contribution is 0.0902. The Balaban J connectivity index is 1.17. The molecule has 1 amide bonds. The second-order valence-electron chi connectivity index (χ2n) is 10.5. The molecule has 0 radical (unpaired) electrons. The molecule has 186 valence electrons. The molecule has 3 aliphatic rings. The summed E-state index contributed by atoms with van der Waals surface area (Å²) < 4.78 is 1.76. The SMILES string of the molecule is C[C@@H]1CCCN1CCN1CCC(NC(=O)c2nn(C)c3nc(N4CCCCCC4)ccc23)CC1. The van der Waals surface area contributed by atoms with Crippen LogP contribution in [0.5, 0.6) is 0 Å². The summed E-state index contributed by atoms with van der Waals surface area (Å²) >= 11 is 0. The van der Waals surface area contributed by atoms with Crippen molar-refractivity contribution < 1.29 is 4.79 Å². The second kappa shape index (κ2) is 10.6. The van der Waals surface area contributed by atoms with Crippen molar-refractivity contribution in [2.45, 2.75) is 70.4 Å². The number of fused-ring (bicyclic) bond motifs is 1. The number of hydrogen-bond donors (Lipinski definition) is 1. The summed E-state index contributed by atoms with van der Waals surface area (Å²) in [5, 5.41) is 8.67. The van der Waals surface area contributed by atoms with E-state index in [1.807, 2.05) is 13.1 Å². The van der Waals surface area contributed by atoms with Crippen LogP contribution in [-0.2, 0) is 7.05 Å². The Hall–Kier alpha value is -2.19. The first-order valence-corrected chi connectivity index (χ1v) is 13.4. The number of carbonyl (C=O) groups is 1. The highest BCUT2D eigenvalue weighted by atomic mass is 16.2. The smallest absolute Gasteiger partial charge is 0.272 e. The van der Waals surface area contributed by atoms with Gasteiger partial charge in [-0.15, -0.1) is 0 Å². The lowest BCUT2D eigenvalue weighted by Gasteiger charge is -2.33. The molecule has 0 bridgehead atoms. The van der Waals surface area contributed by atoms with Crippen molar-refractivity contribution in [3.63, 3.8) is 0 Å². The van der Waals surface area contributed by atoms with Crippen LogP contribution in [0.15, 0.2) is 12.1 Å². The van der Waals surface area contributed by atoms with Crippen LogP contribution in [0.4, 0.5) is 5.82 Å². The van der Waals surface area contributed by atoms with E-state index in [9.17, 15) is 4.79 Å². The molecular weight excluding hydrogens is 426 g/mol. The Morgan fingerprint density at radius 3 is 2.44 bits per heavy atom. The number of pyridine rings is 1. The number of nitrogens with zero attached hydrogens (tertiary/aromatic N) is 6. The molecule has 3 aliphatic heterocycles. The van der Waals surface area contributed by atoms with Gasteiger partial charge in [0.1, 0.15) is 5.82 Å². The summed E-state index contributed by atoms with van der Waals surface area (Å²) in [4.78, 5) is 25.6. The predicted octanol–water partition coefficient (Wildman–Crippen LogP) is 3.03. The van der Waals surface area contributed by atoms with E-state index in [0.717, 1.165) is 68.5 Å². The van der Waals surface area contributed by atoms with Gasteiger partial charge in [0.25, 0.3) is 5.91 Å². The summed E-state index contributed by atoms with van der Waals surface area (Å²) in [6, 6.07) is 5.05. The van der Waals surface area contributed by atoms with Gasteiger partial charge in [0.05, 0.1) is 5.39 Å². The summed E-state index contributed by atoms with van der Waals surface area (Å²) in [6.45, 7) is 10.1. The fourth-order valence-corrected chi connectivity index (χ4v) is 5.91. The number of piperidine rings is 1. The molecule has 8 heteroatoms. The highest BCUT2D eigenvalue weighted by molar-refractivity contribution is 6.04. The van der Waals surface area contributed by atoms with Gasteiger partial charge >= 0.3 is 0 Å². The van der Waals surface area contributed by atoms with Crippen molar-refractivity contribution in [2.75, 3.05) is 50.7 Å². The number of amides is 1. The van der Waals surface area contributed by atoms with Gasteiger partial charge in [0.15, 0.2) is 11.3 Å². The van der Waals surface area contributed by atoms with Crippen molar-refractivity contribution >= 4 is 22.8 Å². The molecule has 0 aliphatic carbocycles. The topological polar surface area (TPSA) is 69.5 Å². The fraction of sp³-hybridized carbons (Fsp3) is 0.731. The normalized spacial score (nSPS) is 23.5. The van der Waals surface area contributed by atoms with E-state index >= 15 is 0 Å². The number of rotatable bonds is 6. The van der Waals surface area contributed by atoms with Crippen LogP contribution in [0.25, 0.3) is 11.0 Å². The van der Waals surface area contributed by atoms with E-state index in [1.165, 1.54) is 51.6 Å². The van der Waals surface area contributed by atoms with E-state index in [4.69, 9.17) is 4.98 Å². The molecule has 8 nitrogen and oxygen atoms in total. The third-order valence-corrected chi connectivity index (χ3v) is 8.13. The second-order valence-corrected chi connectivity index (χ2v) is 10.5. The highest BCUT2D eigenvalue weighted by Gasteiger charge is 2.26. The van der Waals surface area contributed by atoms with Crippen LogP contribution < -0.4 is 10.2 Å². The third-order valence-electron chi connectivity index (χ3n) is 8.13. The molecule has 0 spiro atoms. The van der Waals surface area contributed by atoms with Crippen LogP contribution in [0, 0.1) is 0 Å². The quantitative estimate of drug-likeness (QED) is 0.704. The molecule has 0 saturated carbocycles. The van der Waals surface area contributed by atoms with E-state index in [1.54, 1.807) is 4.68 Å². The summed E-state index contributed by atoms with van der Waals surface area (Å²) in [5.41, 5.74) is 1.29. The van der Waals surface area contributed by atoms with Gasteiger partial charge in [-0.2, -0.15) is 5.10 Å². The zero-order chi connectivity index (χ0) is 23.5. The zero-order valence-corrected chi connectivity index (χ0v) is 21.0. The maximum absolute atomic E-state index is 13.1. The first kappa shape index (κ1) is 23.5. The number of likely N-dealkylation sites (tertiary alicyclic amines) is 2. The molecule has 1 N–H and O–H groups in total. The molecule has 34 heavy (non-hydrogen) atoms. The Bertz CT molecular complexity index is 973. The van der Waals surface area contributed by atoms with E-state index in [0.29, 0.717) is 5.69 Å². The van der Waals surface area contributed by atoms with Crippen LogP contribution in [0.1, 0.15) is 68.8 Å². The Labute approximate surface area is 203 Å². The number of anilines is 1. The predicted molar refractivity (Wildman–Crippen MR) is 136 cm³/mol. The number of carbonyl (C=O) groups excluding carboxylic acids is 1. The van der Waals surface area contributed by atoms with Gasteiger partial charge in [-0.3, -0.25) is 9.69 Å². The first-order chi connectivity index (χ1) is 16.6. The molecule has 3 saturated heterocycles.